The molecule has 70 heavy (non-hydrogen) atoms. The van der Waals surface area contributed by atoms with Gasteiger partial charge in [0.05, 0.1) is 38.8 Å². The number of fused-ring (bicyclic) bond motifs is 9. The normalized spacial score (nSPS) is 12.0. The maximum absolute atomic E-state index is 3.02. The lowest BCUT2D eigenvalue weighted by atomic mass is 10.0. The highest BCUT2D eigenvalue weighted by atomic mass is 28.3. The van der Waals surface area contributed by atoms with Crippen LogP contribution in [0.3, 0.4) is 0 Å². The summed E-state index contributed by atoms with van der Waals surface area (Å²) in [7, 11) is -3.02. The molecule has 0 aliphatic rings. The molecule has 0 bridgehead atoms. The van der Waals surface area contributed by atoms with Gasteiger partial charge in [-0.25, -0.2) is 0 Å². The Morgan fingerprint density at radius 1 is 0.257 bits per heavy atom. The number of benzene rings is 11. The number of hydrogen-bond acceptors (Lipinski definition) is 0. The fraction of sp³-hybridized carbons (Fsp3) is 0. The van der Waals surface area contributed by atoms with Crippen LogP contribution in [0.4, 0.5) is 0 Å². The lowest BCUT2D eigenvalue weighted by Crippen LogP contribution is -2.74. The van der Waals surface area contributed by atoms with E-state index in [1.165, 1.54) is 86.3 Å². The molecule has 3 aromatic heterocycles. The van der Waals surface area contributed by atoms with Gasteiger partial charge in [-0.15, -0.1) is 0 Å². The summed E-state index contributed by atoms with van der Waals surface area (Å²) >= 11 is 0. The first-order chi connectivity index (χ1) is 34.8. The molecule has 14 rings (SSSR count). The van der Waals surface area contributed by atoms with E-state index < -0.39 is 8.07 Å². The van der Waals surface area contributed by atoms with Crippen molar-refractivity contribution in [2.75, 3.05) is 0 Å². The molecule has 328 valence electrons. The van der Waals surface area contributed by atoms with Crippen LogP contribution in [0.2, 0.25) is 0 Å². The molecule has 3 nitrogen and oxygen atoms in total. The van der Waals surface area contributed by atoms with Crippen molar-refractivity contribution in [1.29, 1.82) is 0 Å². The Kier molecular flexibility index (Phi) is 9.23. The van der Waals surface area contributed by atoms with E-state index in [9.17, 15) is 0 Å². The van der Waals surface area contributed by atoms with Crippen LogP contribution in [0.15, 0.2) is 273 Å². The van der Waals surface area contributed by atoms with Crippen LogP contribution in [0.25, 0.3) is 93.6 Å². The largest absolute Gasteiger partial charge is 0.309 e. The van der Waals surface area contributed by atoms with Crippen LogP contribution in [-0.4, -0.2) is 21.8 Å². The molecule has 0 unspecified atom stereocenters. The summed E-state index contributed by atoms with van der Waals surface area (Å²) in [4.78, 5) is 0. The van der Waals surface area contributed by atoms with Crippen molar-refractivity contribution in [1.82, 2.24) is 13.7 Å². The molecule has 14 aromatic rings. The van der Waals surface area contributed by atoms with Gasteiger partial charge in [0, 0.05) is 49.3 Å². The molecule has 0 amide bonds. The quantitative estimate of drug-likeness (QED) is 0.107. The summed E-state index contributed by atoms with van der Waals surface area (Å²) in [6.45, 7) is 0. The zero-order valence-electron chi connectivity index (χ0n) is 38.3. The number of aromatic nitrogens is 3. The molecule has 4 heteroatoms. The third-order valence-corrected chi connectivity index (χ3v) is 19.6. The Bertz CT molecular complexity index is 4130. The predicted molar refractivity (Wildman–Crippen MR) is 299 cm³/mol. The molecule has 0 radical (unpaired) electrons. The van der Waals surface area contributed by atoms with Gasteiger partial charge in [0.1, 0.15) is 0 Å². The van der Waals surface area contributed by atoms with Gasteiger partial charge in [-0.05, 0) is 87.0 Å². The van der Waals surface area contributed by atoms with Crippen LogP contribution < -0.4 is 20.7 Å². The summed E-state index contributed by atoms with van der Waals surface area (Å²) < 4.78 is 7.48. The Labute approximate surface area is 407 Å². The standard InChI is InChI=1S/C66H45N3Si/c1-5-22-46(23-6-1)52-30-13-17-34-58(52)69-61-37-20-16-33-55(61)56-42-40-48(45-64(56)69)68-62-43-41-47(67-59-35-18-14-31-53(59)54-32-15-19-36-60(54)67)44-57(62)66-63(68)38-21-39-65(66)70(49-24-7-2-8-25-49,50-26-9-3-10-27-50)51-28-11-4-12-29-51/h1-45H. The van der Waals surface area contributed by atoms with E-state index in [0.29, 0.717) is 0 Å². The smallest absolute Gasteiger partial charge is 0.180 e. The highest BCUT2D eigenvalue weighted by Crippen LogP contribution is 2.41. The number of rotatable bonds is 8. The van der Waals surface area contributed by atoms with Crippen LogP contribution in [0.1, 0.15) is 0 Å². The molecule has 0 saturated heterocycles. The van der Waals surface area contributed by atoms with E-state index in [-0.39, 0.29) is 0 Å². The van der Waals surface area contributed by atoms with Gasteiger partial charge in [-0.2, -0.15) is 0 Å². The Morgan fingerprint density at radius 3 is 1.29 bits per heavy atom. The average molecular weight is 908 g/mol. The van der Waals surface area contributed by atoms with Gasteiger partial charge < -0.3 is 13.7 Å². The van der Waals surface area contributed by atoms with Crippen molar-refractivity contribution >= 4 is 94.2 Å². The predicted octanol–water partition coefficient (Wildman–Crippen LogP) is 14.0. The van der Waals surface area contributed by atoms with Crippen LogP contribution in [0, 0.1) is 0 Å². The Balaban J connectivity index is 1.12. The van der Waals surface area contributed by atoms with Gasteiger partial charge in [0.15, 0.2) is 8.07 Å². The van der Waals surface area contributed by atoms with Crippen LogP contribution >= 0.6 is 0 Å². The van der Waals surface area contributed by atoms with E-state index in [0.717, 1.165) is 28.1 Å². The third kappa shape index (κ3) is 5.94. The number of hydrogen-bond donors (Lipinski definition) is 0. The topological polar surface area (TPSA) is 14.8 Å². The van der Waals surface area contributed by atoms with Crippen molar-refractivity contribution in [3.8, 4) is 28.2 Å². The molecule has 0 aliphatic heterocycles. The fourth-order valence-corrected chi connectivity index (χ4v) is 16.9. The van der Waals surface area contributed by atoms with Crippen LogP contribution in [-0.2, 0) is 0 Å². The minimum atomic E-state index is -3.02. The highest BCUT2D eigenvalue weighted by molar-refractivity contribution is 7.20. The second kappa shape index (κ2) is 16.1. The SMILES string of the molecule is c1ccc(-c2ccccc2-n2c3ccccc3c3ccc(-n4c5ccc(-n6c7ccccc7c7ccccc76)cc5c5c([Si](c6ccccc6)(c6ccccc6)c6ccccc6)cccc54)cc32)cc1. The lowest BCUT2D eigenvalue weighted by Gasteiger charge is -2.35. The van der Waals surface area contributed by atoms with Crippen molar-refractivity contribution in [3.05, 3.63) is 273 Å². The van der Waals surface area contributed by atoms with E-state index in [1.807, 2.05) is 0 Å². The molecular formula is C66H45N3Si. The maximum atomic E-state index is 2.54. The van der Waals surface area contributed by atoms with Crippen molar-refractivity contribution in [3.63, 3.8) is 0 Å². The van der Waals surface area contributed by atoms with Crippen molar-refractivity contribution < 1.29 is 0 Å². The van der Waals surface area contributed by atoms with E-state index >= 15 is 0 Å². The molecule has 0 spiro atoms. The second-order valence-corrected chi connectivity index (χ2v) is 22.2. The van der Waals surface area contributed by atoms with Crippen LogP contribution in [0.5, 0.6) is 0 Å². The molecule has 0 atom stereocenters. The van der Waals surface area contributed by atoms with Gasteiger partial charge in [0.25, 0.3) is 0 Å². The lowest BCUT2D eigenvalue weighted by molar-refractivity contribution is 1.15. The number of nitrogens with zero attached hydrogens (tertiary/aromatic N) is 3. The summed E-state index contributed by atoms with van der Waals surface area (Å²) in [5.74, 6) is 0. The van der Waals surface area contributed by atoms with E-state index in [1.54, 1.807) is 0 Å². The first-order valence-electron chi connectivity index (χ1n) is 24.2. The first-order valence-corrected chi connectivity index (χ1v) is 26.2. The van der Waals surface area contributed by atoms with Gasteiger partial charge in [0.2, 0.25) is 0 Å². The molecular weight excluding hydrogens is 863 g/mol. The molecule has 0 N–H and O–H groups in total. The summed E-state index contributed by atoms with van der Waals surface area (Å²) in [6.07, 6.45) is 0. The summed E-state index contributed by atoms with van der Waals surface area (Å²) in [5, 5.41) is 12.9. The van der Waals surface area contributed by atoms with Gasteiger partial charge >= 0.3 is 0 Å². The maximum Gasteiger partial charge on any atom is 0.180 e. The summed E-state index contributed by atoms with van der Waals surface area (Å²) in [6, 6.07) is 101. The minimum Gasteiger partial charge on any atom is -0.309 e. The monoisotopic (exact) mass is 907 g/mol. The summed E-state index contributed by atoms with van der Waals surface area (Å²) in [5.41, 5.74) is 12.9. The first kappa shape index (κ1) is 40.1. The Morgan fingerprint density at radius 2 is 0.686 bits per heavy atom. The molecule has 0 fully saturated rings. The average Bonchev–Trinajstić information content (AvgIpc) is 4.08. The molecule has 0 saturated carbocycles. The van der Waals surface area contributed by atoms with Crippen molar-refractivity contribution in [2.45, 2.75) is 0 Å². The minimum absolute atomic E-state index is 1.11. The van der Waals surface area contributed by atoms with Gasteiger partial charge in [-0.1, -0.05) is 212 Å². The second-order valence-electron chi connectivity index (χ2n) is 18.4. The zero-order valence-corrected chi connectivity index (χ0v) is 39.3. The van der Waals surface area contributed by atoms with Crippen molar-refractivity contribution in [2.24, 2.45) is 0 Å². The fourth-order valence-electron chi connectivity index (χ4n) is 11.9. The zero-order chi connectivity index (χ0) is 46.2. The van der Waals surface area contributed by atoms with E-state index in [4.69, 9.17) is 0 Å². The molecule has 11 aromatic carbocycles. The third-order valence-electron chi connectivity index (χ3n) is 14.8. The van der Waals surface area contributed by atoms with Gasteiger partial charge in [-0.3, -0.25) is 0 Å². The molecule has 0 aliphatic carbocycles. The number of para-hydroxylation sites is 4. The highest BCUT2D eigenvalue weighted by Gasteiger charge is 2.43. The Hall–Kier alpha value is -8.96. The van der Waals surface area contributed by atoms with E-state index in [2.05, 4.69) is 287 Å². The molecule has 3 heterocycles.